The normalized spacial score (nSPS) is 11.6. The van der Waals surface area contributed by atoms with E-state index in [2.05, 4.69) is 50.2 Å². The molecule has 0 bridgehead atoms. The van der Waals surface area contributed by atoms with Crippen LogP contribution in [-0.2, 0) is 0 Å². The third kappa shape index (κ3) is 5.19. The Bertz CT molecular complexity index is 461. The van der Waals surface area contributed by atoms with E-state index in [0.29, 0.717) is 18.0 Å². The van der Waals surface area contributed by atoms with Crippen molar-refractivity contribution in [2.45, 2.75) is 47.0 Å². The Morgan fingerprint density at radius 1 is 1.30 bits per heavy atom. The molecule has 0 saturated heterocycles. The summed E-state index contributed by atoms with van der Waals surface area (Å²) in [5.74, 6) is 0.997. The summed E-state index contributed by atoms with van der Waals surface area (Å²) < 4.78 is 0. The number of hydrogen-bond donors (Lipinski definition) is 2. The summed E-state index contributed by atoms with van der Waals surface area (Å²) in [6, 6.07) is 3.66. The monoisotopic (exact) mass is 277 g/mol. The van der Waals surface area contributed by atoms with E-state index >= 15 is 0 Å². The molecule has 0 fully saturated rings. The van der Waals surface area contributed by atoms with Gasteiger partial charge in [-0.05, 0) is 29.9 Å². The maximum atomic E-state index is 12.2. The highest BCUT2D eigenvalue weighted by atomic mass is 16.1. The van der Waals surface area contributed by atoms with Crippen LogP contribution in [0.15, 0.2) is 12.1 Å². The summed E-state index contributed by atoms with van der Waals surface area (Å²) in [6.45, 7) is 11.3. The van der Waals surface area contributed by atoms with Gasteiger partial charge < -0.3 is 10.6 Å². The van der Waals surface area contributed by atoms with E-state index in [1.165, 1.54) is 0 Å². The van der Waals surface area contributed by atoms with Crippen LogP contribution in [0.3, 0.4) is 0 Å². The first-order valence-corrected chi connectivity index (χ1v) is 7.21. The Hall–Kier alpha value is -1.58. The van der Waals surface area contributed by atoms with Gasteiger partial charge in [-0.25, -0.2) is 4.98 Å². The first-order valence-electron chi connectivity index (χ1n) is 7.21. The van der Waals surface area contributed by atoms with Crippen LogP contribution in [0.1, 0.15) is 63.0 Å². The summed E-state index contributed by atoms with van der Waals surface area (Å²) in [7, 11) is 1.81. The van der Waals surface area contributed by atoms with E-state index < -0.39 is 0 Å². The highest BCUT2D eigenvalue weighted by molar-refractivity contribution is 5.95. The van der Waals surface area contributed by atoms with Crippen LogP contribution in [0.25, 0.3) is 0 Å². The number of anilines is 1. The quantitative estimate of drug-likeness (QED) is 0.867. The lowest BCUT2D eigenvalue weighted by atomic mass is 9.92. The second-order valence-electron chi connectivity index (χ2n) is 6.64. The topological polar surface area (TPSA) is 54.0 Å². The molecule has 0 atom stereocenters. The average molecular weight is 277 g/mol. The molecule has 0 radical (unpaired) electrons. The maximum absolute atomic E-state index is 12.2. The van der Waals surface area contributed by atoms with E-state index in [4.69, 9.17) is 0 Å². The van der Waals surface area contributed by atoms with Gasteiger partial charge in [-0.2, -0.15) is 0 Å². The molecule has 2 N–H and O–H groups in total. The molecule has 4 nitrogen and oxygen atoms in total. The Kier molecular flexibility index (Phi) is 5.54. The van der Waals surface area contributed by atoms with Crippen LogP contribution in [-0.4, -0.2) is 24.5 Å². The van der Waals surface area contributed by atoms with Crippen LogP contribution in [0.5, 0.6) is 0 Å². The maximum Gasteiger partial charge on any atom is 0.251 e. The molecule has 0 aliphatic carbocycles. The number of nitrogens with one attached hydrogen (secondary N) is 2. The van der Waals surface area contributed by atoms with E-state index in [9.17, 15) is 4.79 Å². The Morgan fingerprint density at radius 3 is 2.45 bits per heavy atom. The molecule has 0 saturated carbocycles. The number of aromatic nitrogens is 1. The van der Waals surface area contributed by atoms with Crippen LogP contribution < -0.4 is 10.6 Å². The van der Waals surface area contributed by atoms with E-state index in [1.54, 1.807) is 6.07 Å². The van der Waals surface area contributed by atoms with Gasteiger partial charge in [-0.3, -0.25) is 4.79 Å². The SMILES string of the molecule is CNc1cc(C(=O)NCCC(C)(C)C)cc(C(C)C)n1. The molecule has 1 rings (SSSR count). The molecule has 0 spiro atoms. The fourth-order valence-electron chi connectivity index (χ4n) is 1.76. The third-order valence-corrected chi connectivity index (χ3v) is 3.12. The van der Waals surface area contributed by atoms with Gasteiger partial charge >= 0.3 is 0 Å². The minimum absolute atomic E-state index is 0.0324. The molecule has 1 aromatic heterocycles. The predicted octanol–water partition coefficient (Wildman–Crippen LogP) is 3.41. The number of pyridine rings is 1. The van der Waals surface area contributed by atoms with Crippen molar-refractivity contribution in [3.05, 3.63) is 23.4 Å². The highest BCUT2D eigenvalue weighted by Gasteiger charge is 2.13. The fraction of sp³-hybridized carbons (Fsp3) is 0.625. The zero-order valence-electron chi connectivity index (χ0n) is 13.5. The molecule has 1 heterocycles. The average Bonchev–Trinajstić information content (AvgIpc) is 2.36. The second kappa shape index (κ2) is 6.73. The van der Waals surface area contributed by atoms with Crippen molar-refractivity contribution >= 4 is 11.7 Å². The molecule has 1 aromatic rings. The first-order chi connectivity index (χ1) is 9.23. The number of carbonyl (C=O) groups excluding carboxylic acids is 1. The molecule has 0 aliphatic rings. The minimum atomic E-state index is -0.0324. The third-order valence-electron chi connectivity index (χ3n) is 3.12. The van der Waals surface area contributed by atoms with Crippen molar-refractivity contribution in [2.75, 3.05) is 18.9 Å². The number of rotatable bonds is 5. The van der Waals surface area contributed by atoms with Crippen LogP contribution in [0.4, 0.5) is 5.82 Å². The van der Waals surface area contributed by atoms with Gasteiger partial charge in [0.05, 0.1) is 0 Å². The lowest BCUT2D eigenvalue weighted by Gasteiger charge is -2.18. The number of hydrogen-bond acceptors (Lipinski definition) is 3. The highest BCUT2D eigenvalue weighted by Crippen LogP contribution is 2.19. The van der Waals surface area contributed by atoms with Crippen LogP contribution in [0, 0.1) is 5.41 Å². The zero-order chi connectivity index (χ0) is 15.3. The molecular weight excluding hydrogens is 250 g/mol. The fourth-order valence-corrected chi connectivity index (χ4v) is 1.76. The predicted molar refractivity (Wildman–Crippen MR) is 84.3 cm³/mol. The second-order valence-corrected chi connectivity index (χ2v) is 6.64. The van der Waals surface area contributed by atoms with Crippen molar-refractivity contribution in [1.82, 2.24) is 10.3 Å². The van der Waals surface area contributed by atoms with Crippen molar-refractivity contribution < 1.29 is 4.79 Å². The van der Waals surface area contributed by atoms with Crippen molar-refractivity contribution in [3.63, 3.8) is 0 Å². The van der Waals surface area contributed by atoms with Gasteiger partial charge in [-0.15, -0.1) is 0 Å². The molecule has 0 aliphatic heterocycles. The summed E-state index contributed by atoms with van der Waals surface area (Å²) in [4.78, 5) is 16.7. The smallest absolute Gasteiger partial charge is 0.251 e. The van der Waals surface area contributed by atoms with Crippen molar-refractivity contribution in [3.8, 4) is 0 Å². The number of amides is 1. The largest absolute Gasteiger partial charge is 0.373 e. The van der Waals surface area contributed by atoms with Crippen molar-refractivity contribution in [2.24, 2.45) is 5.41 Å². The summed E-state index contributed by atoms with van der Waals surface area (Å²) in [6.07, 6.45) is 0.958. The molecule has 0 aromatic carbocycles. The number of carbonyl (C=O) groups is 1. The van der Waals surface area contributed by atoms with E-state index in [1.807, 2.05) is 13.1 Å². The zero-order valence-corrected chi connectivity index (χ0v) is 13.5. The Balaban J connectivity index is 2.79. The van der Waals surface area contributed by atoms with Crippen molar-refractivity contribution in [1.29, 1.82) is 0 Å². The Morgan fingerprint density at radius 2 is 1.95 bits per heavy atom. The van der Waals surface area contributed by atoms with Crippen LogP contribution in [0.2, 0.25) is 0 Å². The molecule has 112 valence electrons. The van der Waals surface area contributed by atoms with Gasteiger partial charge in [0, 0.05) is 24.8 Å². The molecule has 4 heteroatoms. The molecule has 1 amide bonds. The van der Waals surface area contributed by atoms with E-state index in [0.717, 1.165) is 17.9 Å². The van der Waals surface area contributed by atoms with Gasteiger partial charge in [0.25, 0.3) is 5.91 Å². The van der Waals surface area contributed by atoms with Gasteiger partial charge in [-0.1, -0.05) is 34.6 Å². The summed E-state index contributed by atoms with van der Waals surface area (Å²) in [5.41, 5.74) is 1.82. The number of nitrogens with zero attached hydrogens (tertiary/aromatic N) is 1. The standard InChI is InChI=1S/C16H27N3O/c1-11(2)13-9-12(10-14(17-6)19-13)15(20)18-8-7-16(3,4)5/h9-11H,7-8H2,1-6H3,(H,17,19)(H,18,20). The Labute approximate surface area is 122 Å². The lowest BCUT2D eigenvalue weighted by Crippen LogP contribution is -2.27. The van der Waals surface area contributed by atoms with Crippen LogP contribution >= 0.6 is 0 Å². The van der Waals surface area contributed by atoms with Gasteiger partial charge in [0.2, 0.25) is 0 Å². The minimum Gasteiger partial charge on any atom is -0.373 e. The molecule has 20 heavy (non-hydrogen) atoms. The molecule has 0 unspecified atom stereocenters. The summed E-state index contributed by atoms with van der Waals surface area (Å²) in [5, 5.41) is 5.99. The lowest BCUT2D eigenvalue weighted by molar-refractivity contribution is 0.0949. The van der Waals surface area contributed by atoms with Gasteiger partial charge in [0.1, 0.15) is 5.82 Å². The molecular formula is C16H27N3O. The van der Waals surface area contributed by atoms with E-state index in [-0.39, 0.29) is 11.3 Å². The summed E-state index contributed by atoms with van der Waals surface area (Å²) >= 11 is 0. The first kappa shape index (κ1) is 16.5. The van der Waals surface area contributed by atoms with Gasteiger partial charge in [0.15, 0.2) is 0 Å².